The van der Waals surface area contributed by atoms with Crippen LogP contribution in [0.5, 0.6) is 11.6 Å². The van der Waals surface area contributed by atoms with Crippen molar-refractivity contribution in [2.24, 2.45) is 0 Å². The summed E-state index contributed by atoms with van der Waals surface area (Å²) in [6.45, 7) is 7.03. The summed E-state index contributed by atoms with van der Waals surface area (Å²) in [5.41, 5.74) is 1.77. The van der Waals surface area contributed by atoms with Gasteiger partial charge in [-0.1, -0.05) is 13.3 Å². The lowest BCUT2D eigenvalue weighted by Crippen LogP contribution is -2.45. The number of rotatable bonds is 7. The molecule has 0 radical (unpaired) electrons. The quantitative estimate of drug-likeness (QED) is 0.357. The third kappa shape index (κ3) is 4.90. The van der Waals surface area contributed by atoms with Crippen LogP contribution in [-0.4, -0.2) is 63.3 Å². The van der Waals surface area contributed by atoms with Gasteiger partial charge in [0, 0.05) is 61.2 Å². The minimum Gasteiger partial charge on any atom is -0.436 e. The van der Waals surface area contributed by atoms with Crippen LogP contribution in [0.15, 0.2) is 24.3 Å². The Hall–Kier alpha value is -3.73. The molecule has 4 aromatic rings. The predicted octanol–water partition coefficient (Wildman–Crippen LogP) is 4.51. The SMILES string of the molecule is CCCc1cc(Nc2cc(Oc3cc(F)c4[nH]c(C)cc4c3F)nc(N3CCN(C)CC3)n2)n[nH]1. The minimum atomic E-state index is -0.656. The highest BCUT2D eigenvalue weighted by Gasteiger charge is 2.21. The number of aryl methyl sites for hydroxylation is 2. The molecule has 35 heavy (non-hydrogen) atoms. The van der Waals surface area contributed by atoms with Crippen molar-refractivity contribution in [3.63, 3.8) is 0 Å². The first-order valence-electron chi connectivity index (χ1n) is 11.7. The summed E-state index contributed by atoms with van der Waals surface area (Å²) in [7, 11) is 2.06. The standard InChI is InChI=1S/C24H28F2N8O/c1-4-5-15-11-20(32-31-15)28-19-13-21(30-24(29-19)34-8-6-33(3)7-9-34)35-18-12-17(25)23-16(22(18)26)10-14(2)27-23/h10-13,27H,4-9H2,1-3H3,(H2,28,29,30,31,32). The maximum atomic E-state index is 15.2. The van der Waals surface area contributed by atoms with Gasteiger partial charge in [-0.25, -0.2) is 8.78 Å². The third-order valence-corrected chi connectivity index (χ3v) is 6.00. The van der Waals surface area contributed by atoms with Gasteiger partial charge in [-0.15, -0.1) is 0 Å². The van der Waals surface area contributed by atoms with Crippen LogP contribution in [0.25, 0.3) is 10.9 Å². The van der Waals surface area contributed by atoms with Gasteiger partial charge in [-0.05, 0) is 26.5 Å². The summed E-state index contributed by atoms with van der Waals surface area (Å²) in [6, 6.07) is 6.05. The number of aromatic nitrogens is 5. The van der Waals surface area contributed by atoms with Gasteiger partial charge in [0.2, 0.25) is 11.8 Å². The molecule has 1 aliphatic rings. The highest BCUT2D eigenvalue weighted by Crippen LogP contribution is 2.33. The molecule has 0 aliphatic carbocycles. The second-order valence-corrected chi connectivity index (χ2v) is 8.85. The zero-order chi connectivity index (χ0) is 24.5. The second-order valence-electron chi connectivity index (χ2n) is 8.85. The number of ether oxygens (including phenoxy) is 1. The van der Waals surface area contributed by atoms with Crippen LogP contribution < -0.4 is 15.0 Å². The predicted molar refractivity (Wildman–Crippen MR) is 131 cm³/mol. The zero-order valence-corrected chi connectivity index (χ0v) is 20.0. The number of halogens is 2. The lowest BCUT2D eigenvalue weighted by Gasteiger charge is -2.32. The van der Waals surface area contributed by atoms with Gasteiger partial charge >= 0.3 is 0 Å². The van der Waals surface area contributed by atoms with E-state index in [1.165, 1.54) is 0 Å². The Morgan fingerprint density at radius 1 is 1.06 bits per heavy atom. The molecule has 0 atom stereocenters. The Labute approximate surface area is 201 Å². The van der Waals surface area contributed by atoms with E-state index in [-0.39, 0.29) is 22.5 Å². The van der Waals surface area contributed by atoms with Gasteiger partial charge in [0.1, 0.15) is 5.82 Å². The van der Waals surface area contributed by atoms with Gasteiger partial charge in [-0.3, -0.25) is 5.10 Å². The zero-order valence-electron chi connectivity index (χ0n) is 20.0. The van der Waals surface area contributed by atoms with Crippen molar-refractivity contribution in [3.05, 3.63) is 47.3 Å². The number of H-pyrrole nitrogens is 2. The van der Waals surface area contributed by atoms with Crippen LogP contribution in [0.1, 0.15) is 24.7 Å². The molecule has 3 N–H and O–H groups in total. The second kappa shape index (κ2) is 9.49. The highest BCUT2D eigenvalue weighted by molar-refractivity contribution is 5.83. The molecule has 9 nitrogen and oxygen atoms in total. The molecule has 0 saturated carbocycles. The van der Waals surface area contributed by atoms with E-state index in [0.717, 1.165) is 50.8 Å². The van der Waals surface area contributed by atoms with Gasteiger partial charge in [-0.2, -0.15) is 15.1 Å². The normalized spacial score (nSPS) is 14.6. The van der Waals surface area contributed by atoms with Gasteiger partial charge in [0.15, 0.2) is 23.2 Å². The molecular formula is C24H28F2N8O. The molecule has 1 fully saturated rings. The number of benzene rings is 1. The molecule has 11 heteroatoms. The van der Waals surface area contributed by atoms with Crippen LogP contribution in [0.3, 0.4) is 0 Å². The lowest BCUT2D eigenvalue weighted by atomic mass is 10.2. The fraction of sp³-hybridized carbons (Fsp3) is 0.375. The van der Waals surface area contributed by atoms with Gasteiger partial charge < -0.3 is 24.8 Å². The van der Waals surface area contributed by atoms with Crippen molar-refractivity contribution >= 4 is 28.5 Å². The molecular weight excluding hydrogens is 454 g/mol. The summed E-state index contributed by atoms with van der Waals surface area (Å²) in [5, 5.41) is 10.6. The Balaban J connectivity index is 1.49. The first-order valence-corrected chi connectivity index (χ1v) is 11.7. The molecule has 0 bridgehead atoms. The molecule has 5 rings (SSSR count). The first kappa shape index (κ1) is 23.0. The molecule has 4 heterocycles. The summed E-state index contributed by atoms with van der Waals surface area (Å²) >= 11 is 0. The molecule has 3 aromatic heterocycles. The van der Waals surface area contributed by atoms with E-state index in [4.69, 9.17) is 4.74 Å². The monoisotopic (exact) mass is 482 g/mol. The maximum Gasteiger partial charge on any atom is 0.230 e. The Kier molecular flexibility index (Phi) is 6.25. The fourth-order valence-electron chi connectivity index (χ4n) is 4.15. The van der Waals surface area contributed by atoms with E-state index in [2.05, 4.69) is 49.3 Å². The third-order valence-electron chi connectivity index (χ3n) is 6.00. The van der Waals surface area contributed by atoms with Gasteiger partial charge in [0.05, 0.1) is 5.52 Å². The van der Waals surface area contributed by atoms with Crippen LogP contribution in [0.4, 0.5) is 26.4 Å². The van der Waals surface area contributed by atoms with E-state index in [1.54, 1.807) is 19.1 Å². The van der Waals surface area contributed by atoms with Crippen molar-refractivity contribution in [1.82, 2.24) is 30.0 Å². The maximum absolute atomic E-state index is 15.2. The summed E-state index contributed by atoms with van der Waals surface area (Å²) in [5.74, 6) is 0.0926. The fourth-order valence-corrected chi connectivity index (χ4v) is 4.15. The molecule has 184 valence electrons. The molecule has 1 aromatic carbocycles. The van der Waals surface area contributed by atoms with Crippen LogP contribution in [-0.2, 0) is 6.42 Å². The Morgan fingerprint density at radius 2 is 1.86 bits per heavy atom. The average molecular weight is 483 g/mol. The van der Waals surface area contributed by atoms with E-state index in [9.17, 15) is 4.39 Å². The number of nitrogens with one attached hydrogen (secondary N) is 3. The van der Waals surface area contributed by atoms with E-state index in [1.807, 2.05) is 11.0 Å². The average Bonchev–Trinajstić information content (AvgIpc) is 3.44. The highest BCUT2D eigenvalue weighted by atomic mass is 19.1. The number of aromatic amines is 2. The topological polar surface area (TPSA) is 98.0 Å². The van der Waals surface area contributed by atoms with Crippen molar-refractivity contribution in [1.29, 1.82) is 0 Å². The number of hydrogen-bond donors (Lipinski definition) is 3. The first-order chi connectivity index (χ1) is 16.9. The largest absolute Gasteiger partial charge is 0.436 e. The Bertz CT molecular complexity index is 1340. The smallest absolute Gasteiger partial charge is 0.230 e. The van der Waals surface area contributed by atoms with E-state index >= 15 is 4.39 Å². The molecule has 1 aliphatic heterocycles. The number of fused-ring (bicyclic) bond motifs is 1. The number of hydrogen-bond acceptors (Lipinski definition) is 7. The van der Waals surface area contributed by atoms with Crippen LogP contribution in [0.2, 0.25) is 0 Å². The van der Waals surface area contributed by atoms with Gasteiger partial charge in [0.25, 0.3) is 0 Å². The van der Waals surface area contributed by atoms with Crippen molar-refractivity contribution in [3.8, 4) is 11.6 Å². The van der Waals surface area contributed by atoms with E-state index in [0.29, 0.717) is 23.3 Å². The van der Waals surface area contributed by atoms with Crippen LogP contribution >= 0.6 is 0 Å². The number of likely N-dealkylation sites (N-methyl/N-ethyl adjacent to an activating group) is 1. The molecule has 0 amide bonds. The van der Waals surface area contributed by atoms with Crippen molar-refractivity contribution in [2.45, 2.75) is 26.7 Å². The lowest BCUT2D eigenvalue weighted by molar-refractivity contribution is 0.310. The minimum absolute atomic E-state index is 0.102. The summed E-state index contributed by atoms with van der Waals surface area (Å²) in [4.78, 5) is 16.3. The Morgan fingerprint density at radius 3 is 2.63 bits per heavy atom. The molecule has 0 unspecified atom stereocenters. The van der Waals surface area contributed by atoms with Crippen molar-refractivity contribution in [2.75, 3.05) is 43.4 Å². The molecule has 1 saturated heterocycles. The summed E-state index contributed by atoms with van der Waals surface area (Å²) < 4.78 is 35.6. The molecule has 0 spiro atoms. The number of piperazine rings is 1. The van der Waals surface area contributed by atoms with E-state index < -0.39 is 11.6 Å². The van der Waals surface area contributed by atoms with Crippen molar-refractivity contribution < 1.29 is 13.5 Å². The van der Waals surface area contributed by atoms with Crippen LogP contribution in [0, 0.1) is 18.6 Å². The summed E-state index contributed by atoms with van der Waals surface area (Å²) in [6.07, 6.45) is 1.87. The number of nitrogens with zero attached hydrogens (tertiary/aromatic N) is 5. The number of anilines is 3.